The molecule has 8 N–H and O–H groups in total. The molecule has 14 nitrogen and oxygen atoms in total. The van der Waals surface area contributed by atoms with E-state index in [1.165, 1.54) is 0 Å². The zero-order chi connectivity index (χ0) is 30.4. The van der Waals surface area contributed by atoms with E-state index in [2.05, 4.69) is 16.0 Å². The number of fused-ring (bicyclic) bond motifs is 3. The molecule has 2 aromatic carbocycles. The van der Waals surface area contributed by atoms with Gasteiger partial charge in [0.25, 0.3) is 0 Å². The fraction of sp³-hybridized carbons (Fsp3) is 0.429. The van der Waals surface area contributed by atoms with E-state index >= 15 is 0 Å². The molecule has 2 aromatic rings. The van der Waals surface area contributed by atoms with Crippen LogP contribution in [0.25, 0.3) is 11.1 Å². The molecule has 0 radical (unpaired) electrons. The van der Waals surface area contributed by atoms with E-state index in [0.29, 0.717) is 0 Å². The molecule has 3 amide bonds. The first-order valence-electron chi connectivity index (χ1n) is 13.3. The number of nitrogens with one attached hydrogen (secondary N) is 3. The number of carbonyl (C=O) groups is 4. The first-order chi connectivity index (χ1) is 20.1. The number of carbonyl (C=O) groups excluding carboxylic acids is 3. The van der Waals surface area contributed by atoms with Crippen LogP contribution in [0.1, 0.15) is 29.9 Å². The lowest BCUT2D eigenvalue weighted by Crippen LogP contribution is -2.63. The summed E-state index contributed by atoms with van der Waals surface area (Å²) in [7, 11) is 0. The van der Waals surface area contributed by atoms with Crippen LogP contribution in [0.2, 0.25) is 0 Å². The number of aliphatic hydroxyl groups is 4. The highest BCUT2D eigenvalue weighted by Gasteiger charge is 2.44. The fourth-order valence-corrected chi connectivity index (χ4v) is 5.04. The predicted molar refractivity (Wildman–Crippen MR) is 144 cm³/mol. The van der Waals surface area contributed by atoms with Gasteiger partial charge in [0.2, 0.25) is 11.8 Å². The number of aliphatic carboxylic acids is 1. The Hall–Kier alpha value is -4.08. The van der Waals surface area contributed by atoms with Crippen molar-refractivity contribution in [3.63, 3.8) is 0 Å². The van der Waals surface area contributed by atoms with Gasteiger partial charge in [-0.05, 0) is 28.7 Å². The third-order valence-corrected chi connectivity index (χ3v) is 7.22. The number of amides is 3. The Bertz CT molecular complexity index is 1260. The number of hydrogen-bond donors (Lipinski definition) is 8. The Balaban J connectivity index is 1.32. The van der Waals surface area contributed by atoms with Gasteiger partial charge in [0.15, 0.2) is 6.23 Å². The standard InChI is InChI=1S/C28H33N3O11/c32-12-20-23(36)24(37)25(38)27(42-20)31-21(33)11-29-26(39)19(9-10-22(34)35)30-28(40)41-13-18-16-7-3-1-5-14(16)15-6-2-4-8-17(15)18/h1-8,18-20,23-25,27,32,36-38H,9-13H2,(H,29,39)(H,30,40)(H,31,33)(H,34,35)/t19-,20+,23+,24-,25+,27+/m0/s1. The Morgan fingerprint density at radius 1 is 0.905 bits per heavy atom. The summed E-state index contributed by atoms with van der Waals surface area (Å²) in [4.78, 5) is 49.0. The molecule has 1 saturated heterocycles. The van der Waals surface area contributed by atoms with Crippen molar-refractivity contribution in [3.8, 4) is 11.1 Å². The van der Waals surface area contributed by atoms with E-state index in [-0.39, 0.29) is 18.9 Å². The lowest BCUT2D eigenvalue weighted by Gasteiger charge is -2.40. The number of carboxylic acid groups (broad SMARTS) is 1. The van der Waals surface area contributed by atoms with Gasteiger partial charge < -0.3 is 51.0 Å². The molecule has 14 heteroatoms. The maximum Gasteiger partial charge on any atom is 0.407 e. The molecule has 2 aliphatic rings. The van der Waals surface area contributed by atoms with E-state index in [9.17, 15) is 39.6 Å². The number of carboxylic acids is 1. The molecule has 0 aromatic heterocycles. The van der Waals surface area contributed by atoms with Crippen molar-refractivity contribution in [2.45, 2.75) is 55.4 Å². The van der Waals surface area contributed by atoms with Gasteiger partial charge in [-0.15, -0.1) is 0 Å². The molecular formula is C28H33N3O11. The van der Waals surface area contributed by atoms with Crippen LogP contribution in [0, 0.1) is 0 Å². The van der Waals surface area contributed by atoms with E-state index in [4.69, 9.17) is 14.6 Å². The van der Waals surface area contributed by atoms with Crippen LogP contribution in [0.4, 0.5) is 4.79 Å². The van der Waals surface area contributed by atoms with Crippen molar-refractivity contribution < 1.29 is 54.2 Å². The van der Waals surface area contributed by atoms with Crippen LogP contribution in [0.5, 0.6) is 0 Å². The Morgan fingerprint density at radius 2 is 1.52 bits per heavy atom. The highest BCUT2D eigenvalue weighted by molar-refractivity contribution is 5.90. The number of rotatable bonds is 11. The van der Waals surface area contributed by atoms with Gasteiger partial charge in [0.05, 0.1) is 13.2 Å². The lowest BCUT2D eigenvalue weighted by atomic mass is 9.98. The predicted octanol–water partition coefficient (Wildman–Crippen LogP) is -1.21. The maximum atomic E-state index is 12.8. The number of alkyl carbamates (subject to hydrolysis) is 1. The van der Waals surface area contributed by atoms with Crippen LogP contribution in [0.3, 0.4) is 0 Å². The molecule has 1 aliphatic heterocycles. The summed E-state index contributed by atoms with van der Waals surface area (Å²) in [5.41, 5.74) is 4.03. The minimum atomic E-state index is -1.72. The Labute approximate surface area is 240 Å². The van der Waals surface area contributed by atoms with Crippen LogP contribution in [-0.4, -0.2) is 106 Å². The molecule has 0 unspecified atom stereocenters. The van der Waals surface area contributed by atoms with Crippen molar-refractivity contribution in [2.75, 3.05) is 19.8 Å². The molecule has 0 saturated carbocycles. The number of aliphatic hydroxyl groups excluding tert-OH is 4. The SMILES string of the molecule is O=C(O)CC[C@H](NC(=O)OCC1c2ccccc2-c2ccccc21)C(=O)NCC(=O)N[C@@H]1O[C@H](CO)[C@@H](O)[C@H](O)[C@H]1O. The van der Waals surface area contributed by atoms with Gasteiger partial charge in [-0.25, -0.2) is 4.79 Å². The van der Waals surface area contributed by atoms with Gasteiger partial charge in [-0.1, -0.05) is 48.5 Å². The summed E-state index contributed by atoms with van der Waals surface area (Å²) in [5.74, 6) is -3.18. The highest BCUT2D eigenvalue weighted by atomic mass is 16.6. The Morgan fingerprint density at radius 3 is 2.12 bits per heavy atom. The minimum absolute atomic E-state index is 0.0331. The summed E-state index contributed by atoms with van der Waals surface area (Å²) >= 11 is 0. The maximum absolute atomic E-state index is 12.8. The fourth-order valence-electron chi connectivity index (χ4n) is 5.04. The van der Waals surface area contributed by atoms with Crippen molar-refractivity contribution in [1.29, 1.82) is 0 Å². The third kappa shape index (κ3) is 7.03. The zero-order valence-electron chi connectivity index (χ0n) is 22.4. The topological polar surface area (TPSA) is 224 Å². The lowest BCUT2D eigenvalue weighted by molar-refractivity contribution is -0.235. The molecule has 0 spiro atoms. The van der Waals surface area contributed by atoms with E-state index in [1.54, 1.807) is 0 Å². The molecule has 4 rings (SSSR count). The van der Waals surface area contributed by atoms with Gasteiger partial charge in [-0.3, -0.25) is 14.4 Å². The van der Waals surface area contributed by atoms with Crippen molar-refractivity contribution >= 4 is 23.9 Å². The molecule has 1 fully saturated rings. The van der Waals surface area contributed by atoms with Crippen molar-refractivity contribution in [3.05, 3.63) is 59.7 Å². The quantitative estimate of drug-likeness (QED) is 0.156. The highest BCUT2D eigenvalue weighted by Crippen LogP contribution is 2.44. The van der Waals surface area contributed by atoms with Crippen molar-refractivity contribution in [2.24, 2.45) is 0 Å². The second-order valence-corrected chi connectivity index (χ2v) is 9.99. The van der Waals surface area contributed by atoms with E-state index in [1.807, 2.05) is 48.5 Å². The second kappa shape index (κ2) is 13.7. The summed E-state index contributed by atoms with van der Waals surface area (Å²) in [6.45, 7) is -1.39. The number of benzene rings is 2. The molecule has 42 heavy (non-hydrogen) atoms. The summed E-state index contributed by atoms with van der Waals surface area (Å²) in [5, 5.41) is 55.0. The van der Waals surface area contributed by atoms with Gasteiger partial charge in [0, 0.05) is 12.3 Å². The number of hydrogen-bond acceptors (Lipinski definition) is 10. The van der Waals surface area contributed by atoms with Crippen molar-refractivity contribution in [1.82, 2.24) is 16.0 Å². The van der Waals surface area contributed by atoms with Gasteiger partial charge >= 0.3 is 12.1 Å². The second-order valence-electron chi connectivity index (χ2n) is 9.99. The summed E-state index contributed by atoms with van der Waals surface area (Å²) < 4.78 is 10.6. The Kier molecular flexibility index (Phi) is 10.1. The van der Waals surface area contributed by atoms with E-state index < -0.39 is 80.1 Å². The molecule has 6 atom stereocenters. The van der Waals surface area contributed by atoms with Gasteiger partial charge in [0.1, 0.15) is 37.1 Å². The van der Waals surface area contributed by atoms with Crippen LogP contribution < -0.4 is 16.0 Å². The molecular weight excluding hydrogens is 554 g/mol. The van der Waals surface area contributed by atoms with Crippen LogP contribution in [-0.2, 0) is 23.9 Å². The first-order valence-corrected chi connectivity index (χ1v) is 13.3. The minimum Gasteiger partial charge on any atom is -0.481 e. The average molecular weight is 588 g/mol. The molecule has 1 heterocycles. The number of ether oxygens (including phenoxy) is 2. The molecule has 0 bridgehead atoms. The van der Waals surface area contributed by atoms with E-state index in [0.717, 1.165) is 22.3 Å². The third-order valence-electron chi connectivity index (χ3n) is 7.22. The first kappa shape index (κ1) is 30.9. The van der Waals surface area contributed by atoms with Crippen LogP contribution in [0.15, 0.2) is 48.5 Å². The van der Waals surface area contributed by atoms with Gasteiger partial charge in [-0.2, -0.15) is 0 Å². The monoisotopic (exact) mass is 587 g/mol. The largest absolute Gasteiger partial charge is 0.481 e. The average Bonchev–Trinajstić information content (AvgIpc) is 3.30. The summed E-state index contributed by atoms with van der Waals surface area (Å²) in [6.07, 6.45) is -9.49. The molecule has 226 valence electrons. The smallest absolute Gasteiger partial charge is 0.407 e. The summed E-state index contributed by atoms with van der Waals surface area (Å²) in [6, 6.07) is 14.1. The van der Waals surface area contributed by atoms with Crippen LogP contribution >= 0.6 is 0 Å². The molecule has 1 aliphatic carbocycles. The zero-order valence-corrected chi connectivity index (χ0v) is 22.4. The normalized spacial score (nSPS) is 23.7.